The lowest BCUT2D eigenvalue weighted by Crippen LogP contribution is -1.86. The van der Waals surface area contributed by atoms with Crippen molar-refractivity contribution in [2.45, 2.75) is 0 Å². The molecule has 0 N–H and O–H groups in total. The summed E-state index contributed by atoms with van der Waals surface area (Å²) in [6.45, 7) is 0. The molecule has 0 atom stereocenters. The van der Waals surface area contributed by atoms with Gasteiger partial charge >= 0.3 is 0 Å². The Labute approximate surface area is 183 Å². The zero-order chi connectivity index (χ0) is 20.8. The molecule has 2 heterocycles. The number of hydrogen-bond donors (Lipinski definition) is 0. The molecule has 6 aromatic rings. The van der Waals surface area contributed by atoms with E-state index >= 15 is 0 Å². The van der Waals surface area contributed by atoms with E-state index in [4.69, 9.17) is 0 Å². The monoisotopic (exact) mass is 412 g/mol. The van der Waals surface area contributed by atoms with Crippen LogP contribution in [0.15, 0.2) is 97.3 Å². The summed E-state index contributed by atoms with van der Waals surface area (Å²) in [6, 6.07) is 32.2. The van der Waals surface area contributed by atoms with E-state index in [9.17, 15) is 5.26 Å². The minimum Gasteiger partial charge on any atom is -0.263 e. The first kappa shape index (κ1) is 17.8. The van der Waals surface area contributed by atoms with Crippen LogP contribution in [0.1, 0.15) is 5.56 Å². The van der Waals surface area contributed by atoms with Crippen molar-refractivity contribution in [2.24, 2.45) is 0 Å². The molecule has 2 aromatic heterocycles. The molecule has 0 aliphatic carbocycles. The normalized spacial score (nSPS) is 11.2. The Hall–Kier alpha value is -4.00. The number of nitriles is 1. The van der Waals surface area contributed by atoms with Gasteiger partial charge in [-0.1, -0.05) is 60.7 Å². The fraction of sp³-hybridized carbons (Fsp3) is 0. The van der Waals surface area contributed by atoms with Gasteiger partial charge in [-0.25, -0.2) is 0 Å². The number of nitrogens with zero attached hydrogens (tertiary/aromatic N) is 2. The van der Waals surface area contributed by atoms with Gasteiger partial charge in [0.15, 0.2) is 0 Å². The van der Waals surface area contributed by atoms with Crippen molar-refractivity contribution in [1.82, 2.24) is 4.98 Å². The van der Waals surface area contributed by atoms with Gasteiger partial charge in [-0.15, -0.1) is 11.3 Å². The van der Waals surface area contributed by atoms with Crippen LogP contribution in [0.2, 0.25) is 0 Å². The van der Waals surface area contributed by atoms with Crippen molar-refractivity contribution in [2.75, 3.05) is 0 Å². The largest absolute Gasteiger partial charge is 0.263 e. The van der Waals surface area contributed by atoms with Gasteiger partial charge in [-0.05, 0) is 51.7 Å². The van der Waals surface area contributed by atoms with Gasteiger partial charge in [-0.3, -0.25) is 4.98 Å². The Morgan fingerprint density at radius 1 is 0.645 bits per heavy atom. The highest BCUT2D eigenvalue weighted by molar-refractivity contribution is 7.26. The number of aromatic nitrogens is 1. The van der Waals surface area contributed by atoms with Crippen molar-refractivity contribution < 1.29 is 0 Å². The minimum absolute atomic E-state index is 0.569. The molecule has 0 unspecified atom stereocenters. The maximum absolute atomic E-state index is 9.23. The molecule has 0 aliphatic rings. The van der Waals surface area contributed by atoms with E-state index in [0.717, 1.165) is 16.7 Å². The van der Waals surface area contributed by atoms with Gasteiger partial charge in [0.2, 0.25) is 0 Å². The molecule has 144 valence electrons. The molecule has 6 rings (SSSR count). The maximum Gasteiger partial charge on any atom is 0.101 e. The fourth-order valence-electron chi connectivity index (χ4n) is 4.35. The lowest BCUT2D eigenvalue weighted by atomic mass is 9.93. The van der Waals surface area contributed by atoms with Crippen molar-refractivity contribution >= 4 is 42.3 Å². The quantitative estimate of drug-likeness (QED) is 0.291. The molecule has 0 spiro atoms. The summed E-state index contributed by atoms with van der Waals surface area (Å²) in [6.07, 6.45) is 3.41. The smallest absolute Gasteiger partial charge is 0.101 e. The van der Waals surface area contributed by atoms with Gasteiger partial charge in [0, 0.05) is 38.1 Å². The minimum atomic E-state index is 0.569. The van der Waals surface area contributed by atoms with Crippen LogP contribution < -0.4 is 0 Å². The molecule has 4 aromatic carbocycles. The van der Waals surface area contributed by atoms with Crippen LogP contribution >= 0.6 is 11.3 Å². The Bertz CT molecular complexity index is 1650. The number of fused-ring (bicyclic) bond motifs is 5. The zero-order valence-electron chi connectivity index (χ0n) is 16.5. The Kier molecular flexibility index (Phi) is 4.06. The summed E-state index contributed by atoms with van der Waals surface area (Å²) in [7, 11) is 0. The molecule has 0 saturated heterocycles. The average molecular weight is 413 g/mol. The van der Waals surface area contributed by atoms with Crippen LogP contribution in [0.5, 0.6) is 0 Å². The highest BCUT2D eigenvalue weighted by Gasteiger charge is 2.13. The number of pyridine rings is 1. The predicted octanol–water partition coefficient (Wildman–Crippen LogP) is 7.81. The van der Waals surface area contributed by atoms with Crippen molar-refractivity contribution in [3.8, 4) is 28.3 Å². The summed E-state index contributed by atoms with van der Waals surface area (Å²) < 4.78 is 2.61. The molecule has 0 fully saturated rings. The molecule has 0 radical (unpaired) electrons. The molecule has 0 saturated carbocycles. The van der Waals surface area contributed by atoms with Crippen LogP contribution in [0.4, 0.5) is 0 Å². The van der Waals surface area contributed by atoms with E-state index in [-0.39, 0.29) is 0 Å². The van der Waals surface area contributed by atoms with Crippen molar-refractivity contribution in [3.05, 3.63) is 103 Å². The predicted molar refractivity (Wildman–Crippen MR) is 130 cm³/mol. The molecule has 2 nitrogen and oxygen atoms in total. The third-order valence-corrected chi connectivity index (χ3v) is 6.88. The van der Waals surface area contributed by atoms with E-state index in [1.54, 1.807) is 6.20 Å². The number of benzene rings is 4. The molecule has 3 heteroatoms. The Morgan fingerprint density at radius 2 is 1.42 bits per heavy atom. The summed E-state index contributed by atoms with van der Waals surface area (Å²) in [5, 5.41) is 14.4. The van der Waals surface area contributed by atoms with E-state index in [0.29, 0.717) is 5.56 Å². The fourth-order valence-corrected chi connectivity index (χ4v) is 5.52. The second-order valence-electron chi connectivity index (χ2n) is 7.60. The topological polar surface area (TPSA) is 36.7 Å². The average Bonchev–Trinajstić information content (AvgIpc) is 3.22. The Balaban J connectivity index is 1.63. The number of thiophene rings is 1. The van der Waals surface area contributed by atoms with Gasteiger partial charge < -0.3 is 0 Å². The van der Waals surface area contributed by atoms with E-state index in [1.165, 1.54) is 36.5 Å². The lowest BCUT2D eigenvalue weighted by Gasteiger charge is -2.11. The van der Waals surface area contributed by atoms with Gasteiger partial charge in [0.1, 0.15) is 6.07 Å². The molecule has 0 bridgehead atoms. The van der Waals surface area contributed by atoms with Crippen LogP contribution in [-0.4, -0.2) is 4.98 Å². The molecular weight excluding hydrogens is 396 g/mol. The third-order valence-electron chi connectivity index (χ3n) is 5.76. The van der Waals surface area contributed by atoms with Gasteiger partial charge in [0.25, 0.3) is 0 Å². The first-order chi connectivity index (χ1) is 15.3. The van der Waals surface area contributed by atoms with Crippen LogP contribution in [0.3, 0.4) is 0 Å². The van der Waals surface area contributed by atoms with Crippen molar-refractivity contribution in [3.63, 3.8) is 0 Å². The Morgan fingerprint density at radius 3 is 2.29 bits per heavy atom. The van der Waals surface area contributed by atoms with E-state index < -0.39 is 0 Å². The highest BCUT2D eigenvalue weighted by Crippen LogP contribution is 2.42. The highest BCUT2D eigenvalue weighted by atomic mass is 32.1. The molecular formula is C28H16N2S. The van der Waals surface area contributed by atoms with E-state index in [1.807, 2.05) is 23.6 Å². The summed E-state index contributed by atoms with van der Waals surface area (Å²) in [4.78, 5) is 4.23. The SMILES string of the molecule is N#Cc1cncc(-c2cccc(-c3cc4sc5ccccc5c4c4ccccc34)c2)c1. The summed E-state index contributed by atoms with van der Waals surface area (Å²) >= 11 is 1.84. The van der Waals surface area contributed by atoms with Crippen LogP contribution in [0, 0.1) is 11.3 Å². The van der Waals surface area contributed by atoms with Gasteiger partial charge in [-0.2, -0.15) is 5.26 Å². The number of rotatable bonds is 2. The lowest BCUT2D eigenvalue weighted by molar-refractivity contribution is 1.30. The van der Waals surface area contributed by atoms with Crippen molar-refractivity contribution in [1.29, 1.82) is 5.26 Å². The second-order valence-corrected chi connectivity index (χ2v) is 8.68. The van der Waals surface area contributed by atoms with Crippen LogP contribution in [-0.2, 0) is 0 Å². The van der Waals surface area contributed by atoms with E-state index in [2.05, 4.69) is 89.9 Å². The summed E-state index contributed by atoms with van der Waals surface area (Å²) in [5.41, 5.74) is 4.96. The molecule has 0 aliphatic heterocycles. The standard InChI is InChI=1S/C28H16N2S/c29-15-18-12-21(17-30-16-18)19-6-5-7-20(13-19)25-14-27-28(23-9-2-1-8-22(23)25)24-10-3-4-11-26(24)31-27/h1-14,16-17H. The van der Waals surface area contributed by atoms with Crippen LogP contribution in [0.25, 0.3) is 53.2 Å². The third kappa shape index (κ3) is 2.89. The molecule has 0 amide bonds. The van der Waals surface area contributed by atoms with Gasteiger partial charge in [0.05, 0.1) is 5.56 Å². The maximum atomic E-state index is 9.23. The summed E-state index contributed by atoms with van der Waals surface area (Å²) in [5.74, 6) is 0. The zero-order valence-corrected chi connectivity index (χ0v) is 17.4. The molecule has 31 heavy (non-hydrogen) atoms. The first-order valence-corrected chi connectivity index (χ1v) is 10.9. The second kappa shape index (κ2) is 7.05. The first-order valence-electron chi connectivity index (χ1n) is 10.1. The number of hydrogen-bond acceptors (Lipinski definition) is 3.